The molecule has 4 heterocycles. The predicted octanol–water partition coefficient (Wildman–Crippen LogP) is 3.91. The summed E-state index contributed by atoms with van der Waals surface area (Å²) in [6.45, 7) is 3.16. The van der Waals surface area contributed by atoms with E-state index in [1.807, 2.05) is 22.9 Å². The Morgan fingerprint density at radius 3 is 3.00 bits per heavy atom. The molecule has 0 saturated heterocycles. The van der Waals surface area contributed by atoms with Gasteiger partial charge in [0.25, 0.3) is 5.78 Å². The summed E-state index contributed by atoms with van der Waals surface area (Å²) >= 11 is 0. The van der Waals surface area contributed by atoms with Crippen LogP contribution in [0, 0.1) is 17.3 Å². The van der Waals surface area contributed by atoms with Gasteiger partial charge in [0, 0.05) is 34.8 Å². The van der Waals surface area contributed by atoms with Crippen LogP contribution in [0.3, 0.4) is 0 Å². The molecule has 0 unspecified atom stereocenters. The Bertz CT molecular complexity index is 1320. The van der Waals surface area contributed by atoms with Crippen LogP contribution in [0.1, 0.15) is 37.3 Å². The SMILES string of the molecule is CC1(C#Cc2cccc3c2CCCN3c2nc3nncn3c3cnccc23)CC1. The van der Waals surface area contributed by atoms with Gasteiger partial charge in [-0.3, -0.25) is 9.38 Å². The van der Waals surface area contributed by atoms with Crippen molar-refractivity contribution in [1.82, 2.24) is 24.6 Å². The van der Waals surface area contributed by atoms with Crippen molar-refractivity contribution in [3.8, 4) is 11.8 Å². The summed E-state index contributed by atoms with van der Waals surface area (Å²) in [7, 11) is 0. The van der Waals surface area contributed by atoms with Gasteiger partial charge in [0.15, 0.2) is 0 Å². The van der Waals surface area contributed by atoms with E-state index < -0.39 is 0 Å². The van der Waals surface area contributed by atoms with Crippen LogP contribution in [0.2, 0.25) is 0 Å². The van der Waals surface area contributed by atoms with Crippen molar-refractivity contribution in [2.75, 3.05) is 11.4 Å². The van der Waals surface area contributed by atoms with E-state index in [1.54, 1.807) is 6.33 Å². The van der Waals surface area contributed by atoms with Gasteiger partial charge in [-0.05, 0) is 56.4 Å². The molecule has 6 heteroatoms. The fourth-order valence-corrected chi connectivity index (χ4v) is 4.10. The molecule has 1 saturated carbocycles. The zero-order valence-corrected chi connectivity index (χ0v) is 16.3. The number of nitrogens with zero attached hydrogens (tertiary/aromatic N) is 6. The van der Waals surface area contributed by atoms with Crippen molar-refractivity contribution in [3.63, 3.8) is 0 Å². The molecule has 0 bridgehead atoms. The standard InChI is InChI=1S/C23H20N6/c1-23(10-11-23)9-7-16-4-2-6-19-17(16)5-3-13-28(19)21-18-8-12-24-14-20(18)29-15-25-27-22(29)26-21/h2,4,6,8,12,14-15H,3,5,10-11,13H2,1H3. The van der Waals surface area contributed by atoms with Gasteiger partial charge in [-0.2, -0.15) is 4.98 Å². The summed E-state index contributed by atoms with van der Waals surface area (Å²) < 4.78 is 1.88. The third kappa shape index (κ3) is 2.65. The highest BCUT2D eigenvalue weighted by Gasteiger charge is 2.35. The van der Waals surface area contributed by atoms with E-state index in [1.165, 1.54) is 24.1 Å². The highest BCUT2D eigenvalue weighted by Crippen LogP contribution is 2.44. The normalized spacial score (nSPS) is 17.1. The van der Waals surface area contributed by atoms with Gasteiger partial charge in [0.1, 0.15) is 12.1 Å². The molecule has 0 amide bonds. The first-order valence-electron chi connectivity index (χ1n) is 10.1. The molecule has 1 aliphatic carbocycles. The molecule has 1 aliphatic heterocycles. The summed E-state index contributed by atoms with van der Waals surface area (Å²) in [5.74, 6) is 8.46. The van der Waals surface area contributed by atoms with Gasteiger partial charge >= 0.3 is 0 Å². The molecule has 142 valence electrons. The average Bonchev–Trinajstić information content (AvgIpc) is 3.30. The number of pyridine rings is 1. The molecule has 0 radical (unpaired) electrons. The van der Waals surface area contributed by atoms with Crippen molar-refractivity contribution in [2.45, 2.75) is 32.6 Å². The number of hydrogen-bond donors (Lipinski definition) is 0. The van der Waals surface area contributed by atoms with Gasteiger partial charge in [-0.25, -0.2) is 0 Å². The maximum absolute atomic E-state index is 4.86. The lowest BCUT2D eigenvalue weighted by molar-refractivity contribution is 0.759. The summed E-state index contributed by atoms with van der Waals surface area (Å²) in [5, 5.41) is 9.27. The molecule has 1 fully saturated rings. The average molecular weight is 380 g/mol. The summed E-state index contributed by atoms with van der Waals surface area (Å²) in [5.41, 5.74) is 4.84. The second-order valence-corrected chi connectivity index (χ2v) is 8.20. The van der Waals surface area contributed by atoms with Crippen molar-refractivity contribution >= 4 is 28.2 Å². The fraction of sp³-hybridized carbons (Fsp3) is 0.304. The number of fused-ring (bicyclic) bond motifs is 4. The maximum atomic E-state index is 4.86. The lowest BCUT2D eigenvalue weighted by Gasteiger charge is -2.31. The lowest BCUT2D eigenvalue weighted by Crippen LogP contribution is -2.26. The highest BCUT2D eigenvalue weighted by molar-refractivity contribution is 5.93. The van der Waals surface area contributed by atoms with Crippen molar-refractivity contribution in [3.05, 3.63) is 54.1 Å². The van der Waals surface area contributed by atoms with Gasteiger partial charge in [-0.15, -0.1) is 10.2 Å². The Balaban J connectivity index is 1.54. The molecule has 1 aromatic carbocycles. The molecule has 0 atom stereocenters. The summed E-state index contributed by atoms with van der Waals surface area (Å²) in [6, 6.07) is 8.46. The Hall–Kier alpha value is -3.46. The molecule has 0 spiro atoms. The molecule has 4 aromatic rings. The third-order valence-electron chi connectivity index (χ3n) is 6.04. The maximum Gasteiger partial charge on any atom is 0.257 e. The smallest absolute Gasteiger partial charge is 0.257 e. The van der Waals surface area contributed by atoms with E-state index in [9.17, 15) is 0 Å². The fourth-order valence-electron chi connectivity index (χ4n) is 4.10. The zero-order valence-electron chi connectivity index (χ0n) is 16.3. The van der Waals surface area contributed by atoms with Crippen molar-refractivity contribution < 1.29 is 0 Å². The first-order chi connectivity index (χ1) is 14.2. The Kier molecular flexibility index (Phi) is 3.42. The Morgan fingerprint density at radius 2 is 2.10 bits per heavy atom. The Morgan fingerprint density at radius 1 is 1.17 bits per heavy atom. The molecule has 2 aliphatic rings. The first-order valence-corrected chi connectivity index (χ1v) is 10.1. The number of benzene rings is 1. The van der Waals surface area contributed by atoms with Crippen LogP contribution in [0.25, 0.3) is 16.7 Å². The molecule has 3 aromatic heterocycles. The van der Waals surface area contributed by atoms with E-state index in [-0.39, 0.29) is 5.41 Å². The van der Waals surface area contributed by atoms with E-state index in [0.29, 0.717) is 5.78 Å². The second-order valence-electron chi connectivity index (χ2n) is 8.20. The van der Waals surface area contributed by atoms with Gasteiger partial charge in [0.05, 0.1) is 11.7 Å². The van der Waals surface area contributed by atoms with Crippen LogP contribution in [0.5, 0.6) is 0 Å². The van der Waals surface area contributed by atoms with Crippen molar-refractivity contribution in [1.29, 1.82) is 0 Å². The molecule has 6 nitrogen and oxygen atoms in total. The summed E-state index contributed by atoms with van der Waals surface area (Å²) in [6.07, 6.45) is 9.88. The molecule has 6 rings (SSSR count). The minimum atomic E-state index is 0.223. The van der Waals surface area contributed by atoms with E-state index in [2.05, 4.69) is 57.0 Å². The Labute approximate surface area is 168 Å². The van der Waals surface area contributed by atoms with E-state index in [0.717, 1.165) is 41.7 Å². The monoisotopic (exact) mass is 380 g/mol. The van der Waals surface area contributed by atoms with Crippen LogP contribution in [-0.2, 0) is 6.42 Å². The van der Waals surface area contributed by atoms with Gasteiger partial charge < -0.3 is 4.90 Å². The third-order valence-corrected chi connectivity index (χ3v) is 6.04. The largest absolute Gasteiger partial charge is 0.325 e. The summed E-state index contributed by atoms with van der Waals surface area (Å²) in [4.78, 5) is 11.5. The molecular weight excluding hydrogens is 360 g/mol. The predicted molar refractivity (Wildman–Crippen MR) is 112 cm³/mol. The zero-order chi connectivity index (χ0) is 19.4. The molecule has 29 heavy (non-hydrogen) atoms. The van der Waals surface area contributed by atoms with Crippen LogP contribution in [-0.4, -0.2) is 31.1 Å². The lowest BCUT2D eigenvalue weighted by atomic mass is 9.95. The highest BCUT2D eigenvalue weighted by atomic mass is 15.3. The molecular formula is C23H20N6. The van der Waals surface area contributed by atoms with Crippen LogP contribution >= 0.6 is 0 Å². The van der Waals surface area contributed by atoms with E-state index >= 15 is 0 Å². The van der Waals surface area contributed by atoms with Gasteiger partial charge in [0.2, 0.25) is 0 Å². The minimum absolute atomic E-state index is 0.223. The quantitative estimate of drug-likeness (QED) is 0.469. The molecule has 0 N–H and O–H groups in total. The first kappa shape index (κ1) is 16.5. The number of rotatable bonds is 1. The van der Waals surface area contributed by atoms with Crippen LogP contribution in [0.15, 0.2) is 43.0 Å². The number of aromatic nitrogens is 5. The second kappa shape index (κ2) is 6.02. The van der Waals surface area contributed by atoms with Crippen LogP contribution < -0.4 is 4.90 Å². The topological polar surface area (TPSA) is 59.2 Å². The number of anilines is 2. The van der Waals surface area contributed by atoms with Crippen LogP contribution in [0.4, 0.5) is 11.5 Å². The van der Waals surface area contributed by atoms with Gasteiger partial charge in [-0.1, -0.05) is 17.9 Å². The minimum Gasteiger partial charge on any atom is -0.325 e. The van der Waals surface area contributed by atoms with Crippen molar-refractivity contribution in [2.24, 2.45) is 5.41 Å². The number of hydrogen-bond acceptors (Lipinski definition) is 5. The van der Waals surface area contributed by atoms with E-state index in [4.69, 9.17) is 4.98 Å².